The Bertz CT molecular complexity index is 1040. The maximum atomic E-state index is 12.0. The number of aryl methyl sites for hydroxylation is 1. The van der Waals surface area contributed by atoms with Gasteiger partial charge in [0.2, 0.25) is 0 Å². The normalized spacial score (nSPS) is 10.9. The summed E-state index contributed by atoms with van der Waals surface area (Å²) < 4.78 is 12.2. The molecule has 0 aliphatic heterocycles. The lowest BCUT2D eigenvalue weighted by molar-refractivity contribution is -0.139. The fraction of sp³-hybridized carbons (Fsp3) is 0.238. The lowest BCUT2D eigenvalue weighted by Crippen LogP contribution is -2.13. The van der Waals surface area contributed by atoms with Gasteiger partial charge in [-0.15, -0.1) is 0 Å². The molecule has 0 amide bonds. The van der Waals surface area contributed by atoms with Gasteiger partial charge in [-0.1, -0.05) is 53.6 Å². The molecular formula is C21H20ClNO3S. The molecule has 0 N–H and O–H groups in total. The van der Waals surface area contributed by atoms with Crippen LogP contribution in [0, 0.1) is 13.8 Å². The van der Waals surface area contributed by atoms with Gasteiger partial charge in [-0.25, -0.2) is 0 Å². The highest BCUT2D eigenvalue weighted by atomic mass is 35.5. The fourth-order valence-electron chi connectivity index (χ4n) is 3.16. The van der Waals surface area contributed by atoms with Gasteiger partial charge in [0.15, 0.2) is 0 Å². The van der Waals surface area contributed by atoms with Gasteiger partial charge in [-0.3, -0.25) is 4.79 Å². The van der Waals surface area contributed by atoms with Gasteiger partial charge in [0.1, 0.15) is 10.7 Å². The second-order valence-corrected chi connectivity index (χ2v) is 7.12. The third kappa shape index (κ3) is 3.57. The van der Waals surface area contributed by atoms with E-state index in [0.717, 1.165) is 33.3 Å². The first-order valence-electron chi connectivity index (χ1n) is 8.43. The Kier molecular flexibility index (Phi) is 5.53. The van der Waals surface area contributed by atoms with Crippen LogP contribution in [0.15, 0.2) is 36.4 Å². The number of halogens is 1. The molecule has 0 radical (unpaired) electrons. The van der Waals surface area contributed by atoms with Crippen molar-refractivity contribution in [2.45, 2.75) is 20.3 Å². The molecule has 0 unspecified atom stereocenters. The topological polar surface area (TPSA) is 40.5 Å². The maximum absolute atomic E-state index is 12.0. The molecule has 6 heteroatoms. The Morgan fingerprint density at radius 1 is 1.15 bits per heavy atom. The standard InChI is InChI=1S/C21H20ClNO3S/c1-12-5-7-14(8-6-12)21(27)23-13(2)15(10-20(24)26-4)16-9-19(25-3)17(22)11-18(16)23/h5-9,11H,10H2,1-4H3. The monoisotopic (exact) mass is 401 g/mol. The lowest BCUT2D eigenvalue weighted by Gasteiger charge is -2.11. The van der Waals surface area contributed by atoms with Crippen molar-refractivity contribution in [1.82, 2.24) is 4.57 Å². The van der Waals surface area contributed by atoms with Gasteiger partial charge in [0.05, 0.1) is 31.2 Å². The summed E-state index contributed by atoms with van der Waals surface area (Å²) in [7, 11) is 2.94. The molecule has 3 rings (SSSR count). The molecule has 0 aliphatic rings. The van der Waals surface area contributed by atoms with E-state index in [-0.39, 0.29) is 12.4 Å². The van der Waals surface area contributed by atoms with Crippen molar-refractivity contribution in [2.24, 2.45) is 0 Å². The highest BCUT2D eigenvalue weighted by molar-refractivity contribution is 7.80. The molecule has 140 valence electrons. The maximum Gasteiger partial charge on any atom is 0.310 e. The van der Waals surface area contributed by atoms with E-state index in [9.17, 15) is 4.79 Å². The Morgan fingerprint density at radius 2 is 1.81 bits per heavy atom. The number of aromatic nitrogens is 1. The number of carbonyl (C=O) groups is 1. The number of ether oxygens (including phenoxy) is 2. The average Bonchev–Trinajstić information content (AvgIpc) is 2.91. The first kappa shape index (κ1) is 19.4. The smallest absolute Gasteiger partial charge is 0.310 e. The summed E-state index contributed by atoms with van der Waals surface area (Å²) in [5.41, 5.74) is 4.65. The summed E-state index contributed by atoms with van der Waals surface area (Å²) in [5.74, 6) is 0.237. The molecule has 0 saturated carbocycles. The number of rotatable bonds is 4. The fourth-order valence-corrected chi connectivity index (χ4v) is 3.77. The summed E-state index contributed by atoms with van der Waals surface area (Å²) in [6.07, 6.45) is 0.146. The average molecular weight is 402 g/mol. The highest BCUT2D eigenvalue weighted by Gasteiger charge is 2.21. The second-order valence-electron chi connectivity index (χ2n) is 6.33. The van der Waals surface area contributed by atoms with Crippen molar-refractivity contribution >= 4 is 45.7 Å². The van der Waals surface area contributed by atoms with Crippen molar-refractivity contribution in [2.75, 3.05) is 14.2 Å². The summed E-state index contributed by atoms with van der Waals surface area (Å²) in [6, 6.07) is 11.7. The number of esters is 1. The molecule has 0 bridgehead atoms. The molecule has 0 aliphatic carbocycles. The van der Waals surface area contributed by atoms with Gasteiger partial charge in [0, 0.05) is 16.6 Å². The summed E-state index contributed by atoms with van der Waals surface area (Å²) in [5, 5.41) is 1.36. The minimum atomic E-state index is -0.313. The molecule has 27 heavy (non-hydrogen) atoms. The van der Waals surface area contributed by atoms with Crippen molar-refractivity contribution in [3.05, 3.63) is 63.8 Å². The van der Waals surface area contributed by atoms with E-state index < -0.39 is 0 Å². The third-order valence-corrected chi connectivity index (χ3v) is 5.37. The summed E-state index contributed by atoms with van der Waals surface area (Å²) in [6.45, 7) is 3.97. The van der Waals surface area contributed by atoms with Crippen LogP contribution in [-0.4, -0.2) is 29.7 Å². The minimum Gasteiger partial charge on any atom is -0.495 e. The molecule has 3 aromatic rings. The summed E-state index contributed by atoms with van der Waals surface area (Å²) in [4.78, 5) is 12.6. The van der Waals surface area contributed by atoms with E-state index in [4.69, 9.17) is 33.3 Å². The molecule has 1 heterocycles. The van der Waals surface area contributed by atoms with E-state index in [1.165, 1.54) is 7.11 Å². The van der Waals surface area contributed by atoms with Crippen LogP contribution < -0.4 is 4.74 Å². The molecule has 1 aromatic heterocycles. The van der Waals surface area contributed by atoms with Crippen LogP contribution in [0.1, 0.15) is 22.4 Å². The van der Waals surface area contributed by atoms with E-state index in [1.807, 2.05) is 54.8 Å². The van der Waals surface area contributed by atoms with Crippen LogP contribution in [0.4, 0.5) is 0 Å². The predicted molar refractivity (Wildman–Crippen MR) is 112 cm³/mol. The number of methoxy groups -OCH3 is 2. The number of carbonyl (C=O) groups excluding carboxylic acids is 1. The molecule has 0 saturated heterocycles. The molecule has 4 nitrogen and oxygen atoms in total. The van der Waals surface area contributed by atoms with Crippen molar-refractivity contribution in [3.63, 3.8) is 0 Å². The highest BCUT2D eigenvalue weighted by Crippen LogP contribution is 2.35. The Morgan fingerprint density at radius 3 is 2.41 bits per heavy atom. The molecule has 0 atom stereocenters. The van der Waals surface area contributed by atoms with E-state index >= 15 is 0 Å². The zero-order valence-corrected chi connectivity index (χ0v) is 17.2. The summed E-state index contributed by atoms with van der Waals surface area (Å²) >= 11 is 12.1. The number of hydrogen-bond acceptors (Lipinski definition) is 4. The number of benzene rings is 2. The Balaban J connectivity index is 2.26. The van der Waals surface area contributed by atoms with Crippen LogP contribution in [0.25, 0.3) is 10.9 Å². The molecule has 2 aromatic carbocycles. The van der Waals surface area contributed by atoms with Crippen molar-refractivity contribution < 1.29 is 14.3 Å². The number of fused-ring (bicyclic) bond motifs is 1. The van der Waals surface area contributed by atoms with Crippen LogP contribution in [0.5, 0.6) is 5.75 Å². The Hall–Kier alpha value is -2.37. The van der Waals surface area contributed by atoms with Crippen LogP contribution in [0.3, 0.4) is 0 Å². The van der Waals surface area contributed by atoms with Gasteiger partial charge >= 0.3 is 5.97 Å². The number of thiocarbonyl (C=S) groups is 1. The third-order valence-electron chi connectivity index (χ3n) is 4.66. The lowest BCUT2D eigenvalue weighted by atomic mass is 10.1. The van der Waals surface area contributed by atoms with Crippen LogP contribution in [-0.2, 0) is 16.0 Å². The van der Waals surface area contributed by atoms with Crippen molar-refractivity contribution in [1.29, 1.82) is 0 Å². The molecule has 0 spiro atoms. The quantitative estimate of drug-likeness (QED) is 0.462. The van der Waals surface area contributed by atoms with Gasteiger partial charge in [0.25, 0.3) is 0 Å². The van der Waals surface area contributed by atoms with Crippen LogP contribution in [0.2, 0.25) is 5.02 Å². The SMILES string of the molecule is COC(=O)Cc1c(C)n(C(=S)c2ccc(C)cc2)c2cc(Cl)c(OC)cc12. The predicted octanol–water partition coefficient (Wildman–Crippen LogP) is 4.86. The second kappa shape index (κ2) is 7.71. The number of nitrogens with zero attached hydrogens (tertiary/aromatic N) is 1. The largest absolute Gasteiger partial charge is 0.495 e. The van der Waals surface area contributed by atoms with E-state index in [0.29, 0.717) is 15.8 Å². The van der Waals surface area contributed by atoms with E-state index in [1.54, 1.807) is 7.11 Å². The van der Waals surface area contributed by atoms with E-state index in [2.05, 4.69) is 0 Å². The molecule has 0 fully saturated rings. The van der Waals surface area contributed by atoms with Gasteiger partial charge in [-0.05, 0) is 31.5 Å². The van der Waals surface area contributed by atoms with Crippen molar-refractivity contribution in [3.8, 4) is 5.75 Å². The first-order valence-corrected chi connectivity index (χ1v) is 9.21. The minimum absolute atomic E-state index is 0.146. The molecular weight excluding hydrogens is 382 g/mol. The first-order chi connectivity index (χ1) is 12.9. The van der Waals surface area contributed by atoms with Crippen LogP contribution >= 0.6 is 23.8 Å². The zero-order valence-electron chi connectivity index (χ0n) is 15.6. The van der Waals surface area contributed by atoms with Gasteiger partial charge < -0.3 is 14.0 Å². The zero-order chi connectivity index (χ0) is 19.7. The number of hydrogen-bond donors (Lipinski definition) is 0. The Labute approximate surface area is 168 Å². The van der Waals surface area contributed by atoms with Gasteiger partial charge in [-0.2, -0.15) is 0 Å².